The predicted molar refractivity (Wildman–Crippen MR) is 98.4 cm³/mol. The summed E-state index contributed by atoms with van der Waals surface area (Å²) in [5.74, 6) is 0.102. The minimum atomic E-state index is -0.145. The molecule has 0 aliphatic carbocycles. The molecule has 0 bridgehead atoms. The Bertz CT molecular complexity index is 940. The van der Waals surface area contributed by atoms with Crippen LogP contribution in [0.2, 0.25) is 5.02 Å². The number of aromatic amines is 1. The van der Waals surface area contributed by atoms with Gasteiger partial charge in [-0.3, -0.25) is 9.59 Å². The number of hydrogen-bond acceptors (Lipinski definition) is 3. The number of fused-ring (bicyclic) bond motifs is 1. The van der Waals surface area contributed by atoms with E-state index in [0.717, 1.165) is 10.9 Å². The molecular formula is C19H18ClN3O3. The first-order chi connectivity index (χ1) is 12.6. The number of halogens is 1. The second kappa shape index (κ2) is 6.88. The van der Waals surface area contributed by atoms with Crippen molar-refractivity contribution in [2.24, 2.45) is 0 Å². The number of likely N-dealkylation sites (tertiary alicyclic amines) is 1. The number of rotatable bonds is 3. The summed E-state index contributed by atoms with van der Waals surface area (Å²) in [5, 5.41) is 4.58. The maximum Gasteiger partial charge on any atom is 0.289 e. The average molecular weight is 372 g/mol. The van der Waals surface area contributed by atoms with Crippen molar-refractivity contribution in [1.29, 1.82) is 0 Å². The van der Waals surface area contributed by atoms with Gasteiger partial charge >= 0.3 is 0 Å². The molecular weight excluding hydrogens is 354 g/mol. The highest BCUT2D eigenvalue weighted by Crippen LogP contribution is 2.21. The number of nitrogens with one attached hydrogen (secondary N) is 2. The van der Waals surface area contributed by atoms with E-state index in [1.165, 1.54) is 6.26 Å². The summed E-state index contributed by atoms with van der Waals surface area (Å²) in [5.41, 5.74) is 1.38. The Morgan fingerprint density at radius 1 is 1.19 bits per heavy atom. The lowest BCUT2D eigenvalue weighted by molar-refractivity contribution is 0.0667. The molecule has 0 unspecified atom stereocenters. The van der Waals surface area contributed by atoms with Crippen LogP contribution < -0.4 is 5.32 Å². The maximum atomic E-state index is 12.5. The van der Waals surface area contributed by atoms with Crippen molar-refractivity contribution in [3.63, 3.8) is 0 Å². The molecule has 0 spiro atoms. The van der Waals surface area contributed by atoms with Gasteiger partial charge in [-0.15, -0.1) is 0 Å². The second-order valence-electron chi connectivity index (χ2n) is 6.43. The van der Waals surface area contributed by atoms with Crippen molar-refractivity contribution < 1.29 is 14.0 Å². The molecule has 1 saturated heterocycles. The minimum absolute atomic E-state index is 0.0400. The van der Waals surface area contributed by atoms with Crippen LogP contribution in [0, 0.1) is 0 Å². The van der Waals surface area contributed by atoms with Crippen LogP contribution in [0.1, 0.15) is 33.9 Å². The zero-order valence-electron chi connectivity index (χ0n) is 14.0. The van der Waals surface area contributed by atoms with E-state index in [-0.39, 0.29) is 17.9 Å². The normalized spacial score (nSPS) is 15.3. The average Bonchev–Trinajstić information content (AvgIpc) is 3.31. The number of hydrogen-bond donors (Lipinski definition) is 2. The van der Waals surface area contributed by atoms with Gasteiger partial charge in [0.05, 0.1) is 6.26 Å². The van der Waals surface area contributed by atoms with Gasteiger partial charge in [-0.25, -0.2) is 0 Å². The zero-order chi connectivity index (χ0) is 18.1. The molecule has 26 heavy (non-hydrogen) atoms. The number of furan rings is 1. The van der Waals surface area contributed by atoms with Gasteiger partial charge in [-0.1, -0.05) is 11.6 Å². The molecule has 1 fully saturated rings. The number of benzene rings is 1. The van der Waals surface area contributed by atoms with Crippen LogP contribution in [-0.2, 0) is 0 Å². The van der Waals surface area contributed by atoms with Crippen molar-refractivity contribution in [2.45, 2.75) is 18.9 Å². The van der Waals surface area contributed by atoms with Crippen molar-refractivity contribution in [3.05, 3.63) is 59.1 Å². The van der Waals surface area contributed by atoms with Gasteiger partial charge in [0.25, 0.3) is 11.8 Å². The third-order valence-corrected chi connectivity index (χ3v) is 4.91. The summed E-state index contributed by atoms with van der Waals surface area (Å²) >= 11 is 5.99. The van der Waals surface area contributed by atoms with Gasteiger partial charge in [0.2, 0.25) is 0 Å². The molecule has 1 aliphatic rings. The third-order valence-electron chi connectivity index (χ3n) is 4.68. The highest BCUT2D eigenvalue weighted by atomic mass is 35.5. The molecule has 0 atom stereocenters. The zero-order valence-corrected chi connectivity index (χ0v) is 14.8. The smallest absolute Gasteiger partial charge is 0.289 e. The molecule has 2 aromatic heterocycles. The van der Waals surface area contributed by atoms with Gasteiger partial charge in [0, 0.05) is 35.1 Å². The molecule has 2 amide bonds. The number of amides is 2. The molecule has 7 heteroatoms. The topological polar surface area (TPSA) is 78.3 Å². The van der Waals surface area contributed by atoms with Crippen molar-refractivity contribution in [2.75, 3.05) is 13.1 Å². The lowest BCUT2D eigenvalue weighted by atomic mass is 10.0. The summed E-state index contributed by atoms with van der Waals surface area (Å²) in [7, 11) is 0. The fourth-order valence-corrected chi connectivity index (χ4v) is 3.45. The lowest BCUT2D eigenvalue weighted by Crippen LogP contribution is -2.46. The molecule has 0 saturated carbocycles. The van der Waals surface area contributed by atoms with E-state index in [1.807, 2.05) is 12.1 Å². The summed E-state index contributed by atoms with van der Waals surface area (Å²) < 4.78 is 5.16. The Labute approximate surface area is 155 Å². The predicted octanol–water partition coefficient (Wildman–Crippen LogP) is 3.45. The Hall–Kier alpha value is -2.73. The Morgan fingerprint density at radius 3 is 2.73 bits per heavy atom. The standard InChI is InChI=1S/C19H18ClN3O3/c20-13-3-4-15-12(10-13)11-16(22-15)18(24)21-14-5-7-23(8-6-14)19(25)17-2-1-9-26-17/h1-4,9-11,14,22H,5-8H2,(H,21,24). The molecule has 6 nitrogen and oxygen atoms in total. The Balaban J connectivity index is 1.36. The lowest BCUT2D eigenvalue weighted by Gasteiger charge is -2.31. The van der Waals surface area contributed by atoms with Gasteiger partial charge in [0.1, 0.15) is 5.69 Å². The van der Waals surface area contributed by atoms with Crippen LogP contribution >= 0.6 is 11.6 Å². The maximum absolute atomic E-state index is 12.5. The summed E-state index contributed by atoms with van der Waals surface area (Å²) in [6, 6.07) is 10.7. The molecule has 0 radical (unpaired) electrons. The largest absolute Gasteiger partial charge is 0.459 e. The first-order valence-corrected chi connectivity index (χ1v) is 8.90. The molecule has 1 aliphatic heterocycles. The molecule has 134 valence electrons. The van der Waals surface area contributed by atoms with Crippen LogP contribution in [0.15, 0.2) is 47.1 Å². The highest BCUT2D eigenvalue weighted by Gasteiger charge is 2.26. The van der Waals surface area contributed by atoms with Crippen molar-refractivity contribution >= 4 is 34.3 Å². The molecule has 3 aromatic rings. The monoisotopic (exact) mass is 371 g/mol. The van der Waals surface area contributed by atoms with Crippen molar-refractivity contribution in [3.8, 4) is 0 Å². The number of nitrogens with zero attached hydrogens (tertiary/aromatic N) is 1. The van der Waals surface area contributed by atoms with E-state index in [2.05, 4.69) is 10.3 Å². The van der Waals surface area contributed by atoms with Crippen molar-refractivity contribution in [1.82, 2.24) is 15.2 Å². The fraction of sp³-hybridized carbons (Fsp3) is 0.263. The summed E-state index contributed by atoms with van der Waals surface area (Å²) in [6.45, 7) is 1.18. The first-order valence-electron chi connectivity index (χ1n) is 8.52. The summed E-state index contributed by atoms with van der Waals surface area (Å²) in [4.78, 5) is 29.6. The third kappa shape index (κ3) is 3.32. The molecule has 3 heterocycles. The number of H-pyrrole nitrogens is 1. The van der Waals surface area contributed by atoms with Gasteiger partial charge in [-0.05, 0) is 49.2 Å². The fourth-order valence-electron chi connectivity index (χ4n) is 3.27. The second-order valence-corrected chi connectivity index (χ2v) is 6.87. The van der Waals surface area contributed by atoms with Crippen LogP contribution in [-0.4, -0.2) is 40.8 Å². The van der Waals surface area contributed by atoms with Crippen LogP contribution in [0.4, 0.5) is 0 Å². The van der Waals surface area contributed by atoms with E-state index < -0.39 is 0 Å². The molecule has 2 N–H and O–H groups in total. The first kappa shape index (κ1) is 16.7. The molecule has 4 rings (SSSR count). The van der Waals surface area contributed by atoms with Crippen LogP contribution in [0.25, 0.3) is 10.9 Å². The van der Waals surface area contributed by atoms with E-state index in [4.69, 9.17) is 16.0 Å². The SMILES string of the molecule is O=C(NC1CCN(C(=O)c2ccco2)CC1)c1cc2cc(Cl)ccc2[nH]1. The van der Waals surface area contributed by atoms with Gasteiger partial charge in [0.15, 0.2) is 5.76 Å². The number of piperidine rings is 1. The highest BCUT2D eigenvalue weighted by molar-refractivity contribution is 6.31. The van der Waals surface area contributed by atoms with E-state index >= 15 is 0 Å². The van der Waals surface area contributed by atoms with Crippen LogP contribution in [0.3, 0.4) is 0 Å². The Morgan fingerprint density at radius 2 is 2.00 bits per heavy atom. The Kier molecular flexibility index (Phi) is 4.42. The summed E-state index contributed by atoms with van der Waals surface area (Å²) in [6.07, 6.45) is 2.92. The van der Waals surface area contributed by atoms with E-state index in [0.29, 0.717) is 42.4 Å². The van der Waals surface area contributed by atoms with E-state index in [1.54, 1.807) is 29.2 Å². The number of carbonyl (C=O) groups is 2. The molecule has 1 aromatic carbocycles. The van der Waals surface area contributed by atoms with Gasteiger partial charge < -0.3 is 19.6 Å². The van der Waals surface area contributed by atoms with Crippen LogP contribution in [0.5, 0.6) is 0 Å². The minimum Gasteiger partial charge on any atom is -0.459 e. The number of carbonyl (C=O) groups excluding carboxylic acids is 2. The number of aromatic nitrogens is 1. The van der Waals surface area contributed by atoms with Gasteiger partial charge in [-0.2, -0.15) is 0 Å². The van der Waals surface area contributed by atoms with E-state index in [9.17, 15) is 9.59 Å². The quantitative estimate of drug-likeness (QED) is 0.740.